The van der Waals surface area contributed by atoms with Crippen molar-refractivity contribution in [2.24, 2.45) is 23.5 Å². The average Bonchev–Trinajstić information content (AvgIpc) is 2.88. The molecule has 0 aliphatic heterocycles. The van der Waals surface area contributed by atoms with Crippen molar-refractivity contribution in [3.8, 4) is 0 Å². The lowest BCUT2D eigenvalue weighted by molar-refractivity contribution is -0.132. The van der Waals surface area contributed by atoms with Gasteiger partial charge in [-0.1, -0.05) is 6.42 Å². The van der Waals surface area contributed by atoms with Gasteiger partial charge in [0, 0.05) is 25.6 Å². The molecule has 0 radical (unpaired) electrons. The third kappa shape index (κ3) is 2.29. The Balaban J connectivity index is 1.48. The molecule has 3 rings (SSSR count). The lowest BCUT2D eigenvalue weighted by Crippen LogP contribution is -2.50. The highest BCUT2D eigenvalue weighted by molar-refractivity contribution is 5.77. The Labute approximate surface area is 110 Å². The molecule has 0 saturated heterocycles. The first kappa shape index (κ1) is 12.5. The lowest BCUT2D eigenvalue weighted by atomic mass is 9.75. The molecule has 0 heterocycles. The number of hydrogen-bond acceptors (Lipinski definition) is 2. The number of carbonyl (C=O) groups is 1. The summed E-state index contributed by atoms with van der Waals surface area (Å²) in [6.07, 6.45) is 9.43. The number of rotatable bonds is 4. The first-order valence-electron chi connectivity index (χ1n) is 7.59. The topological polar surface area (TPSA) is 46.3 Å². The molecule has 0 aromatic carbocycles. The van der Waals surface area contributed by atoms with Gasteiger partial charge < -0.3 is 10.6 Å². The van der Waals surface area contributed by atoms with E-state index in [1.54, 1.807) is 0 Å². The molecule has 3 nitrogen and oxygen atoms in total. The fourth-order valence-electron chi connectivity index (χ4n) is 4.30. The maximum absolute atomic E-state index is 12.2. The molecular weight excluding hydrogens is 224 g/mol. The van der Waals surface area contributed by atoms with Crippen LogP contribution in [-0.2, 0) is 4.79 Å². The zero-order chi connectivity index (χ0) is 12.8. The predicted molar refractivity (Wildman–Crippen MR) is 72.0 cm³/mol. The molecule has 2 N–H and O–H groups in total. The maximum atomic E-state index is 12.2. The van der Waals surface area contributed by atoms with E-state index >= 15 is 0 Å². The summed E-state index contributed by atoms with van der Waals surface area (Å²) >= 11 is 0. The van der Waals surface area contributed by atoms with Gasteiger partial charge in [0.05, 0.1) is 0 Å². The second-order valence-corrected chi connectivity index (χ2v) is 7.10. The minimum absolute atomic E-state index is 0.167. The number of hydrogen-bond donors (Lipinski definition) is 1. The zero-order valence-corrected chi connectivity index (χ0v) is 11.5. The van der Waals surface area contributed by atoms with Gasteiger partial charge in [-0.25, -0.2) is 0 Å². The van der Waals surface area contributed by atoms with Gasteiger partial charge >= 0.3 is 0 Å². The third-order valence-corrected chi connectivity index (χ3v) is 5.67. The number of fused-ring (bicyclic) bond motifs is 2. The Morgan fingerprint density at radius 2 is 2.11 bits per heavy atom. The van der Waals surface area contributed by atoms with E-state index in [-0.39, 0.29) is 11.4 Å². The number of nitrogens with zero attached hydrogens (tertiary/aromatic N) is 1. The number of amides is 1. The molecule has 2 bridgehead atoms. The Kier molecular flexibility index (Phi) is 3.13. The van der Waals surface area contributed by atoms with Crippen molar-refractivity contribution < 1.29 is 4.79 Å². The molecule has 1 amide bonds. The first-order chi connectivity index (χ1) is 8.56. The Hall–Kier alpha value is -0.570. The normalized spacial score (nSPS) is 36.4. The van der Waals surface area contributed by atoms with Gasteiger partial charge in [0.1, 0.15) is 0 Å². The van der Waals surface area contributed by atoms with Crippen LogP contribution in [0.5, 0.6) is 0 Å². The van der Waals surface area contributed by atoms with Gasteiger partial charge in [0.25, 0.3) is 0 Å². The summed E-state index contributed by atoms with van der Waals surface area (Å²) in [4.78, 5) is 14.1. The van der Waals surface area contributed by atoms with Gasteiger partial charge in [-0.15, -0.1) is 0 Å². The van der Waals surface area contributed by atoms with Gasteiger partial charge in [0.15, 0.2) is 0 Å². The molecule has 3 unspecified atom stereocenters. The molecule has 0 aromatic heterocycles. The molecule has 3 fully saturated rings. The second kappa shape index (κ2) is 4.52. The van der Waals surface area contributed by atoms with Gasteiger partial charge in [0.2, 0.25) is 5.91 Å². The SMILES string of the molecule is CN(CC1CC2CCC1C2)C(=O)CC1(N)CCC1. The van der Waals surface area contributed by atoms with Crippen LogP contribution in [-0.4, -0.2) is 29.9 Å². The van der Waals surface area contributed by atoms with Crippen LogP contribution in [0.25, 0.3) is 0 Å². The van der Waals surface area contributed by atoms with Crippen LogP contribution < -0.4 is 5.73 Å². The van der Waals surface area contributed by atoms with Crippen LogP contribution in [0.1, 0.15) is 51.4 Å². The van der Waals surface area contributed by atoms with Crippen molar-refractivity contribution in [2.45, 2.75) is 56.9 Å². The minimum Gasteiger partial charge on any atom is -0.345 e. The van der Waals surface area contributed by atoms with E-state index in [1.807, 2.05) is 11.9 Å². The van der Waals surface area contributed by atoms with Crippen molar-refractivity contribution in [1.82, 2.24) is 4.90 Å². The van der Waals surface area contributed by atoms with Gasteiger partial charge in [-0.3, -0.25) is 4.79 Å². The van der Waals surface area contributed by atoms with E-state index in [0.29, 0.717) is 6.42 Å². The first-order valence-corrected chi connectivity index (χ1v) is 7.59. The molecule has 0 aromatic rings. The monoisotopic (exact) mass is 250 g/mol. The zero-order valence-electron chi connectivity index (χ0n) is 11.5. The summed E-state index contributed by atoms with van der Waals surface area (Å²) in [7, 11) is 1.97. The minimum atomic E-state index is -0.167. The Morgan fingerprint density at radius 3 is 2.61 bits per heavy atom. The van der Waals surface area contributed by atoms with E-state index in [2.05, 4.69) is 0 Å². The quantitative estimate of drug-likeness (QED) is 0.831. The molecule has 18 heavy (non-hydrogen) atoms. The average molecular weight is 250 g/mol. The molecular formula is C15H26N2O. The van der Waals surface area contributed by atoms with E-state index < -0.39 is 0 Å². The van der Waals surface area contributed by atoms with Crippen molar-refractivity contribution in [3.63, 3.8) is 0 Å². The van der Waals surface area contributed by atoms with E-state index in [0.717, 1.165) is 37.1 Å². The summed E-state index contributed by atoms with van der Waals surface area (Å²) in [5.41, 5.74) is 6.00. The highest BCUT2D eigenvalue weighted by Crippen LogP contribution is 2.48. The standard InChI is InChI=1S/C15H26N2O/c1-17(14(18)9-15(16)5-2-6-15)10-13-8-11-3-4-12(13)7-11/h11-13H,2-10,16H2,1H3. The number of carbonyl (C=O) groups excluding carboxylic acids is 1. The summed E-state index contributed by atoms with van der Waals surface area (Å²) in [5.74, 6) is 2.91. The molecule has 3 aliphatic carbocycles. The van der Waals surface area contributed by atoms with Crippen LogP contribution in [0.3, 0.4) is 0 Å². The molecule has 3 atom stereocenters. The van der Waals surface area contributed by atoms with Crippen molar-refractivity contribution in [3.05, 3.63) is 0 Å². The van der Waals surface area contributed by atoms with Crippen LogP contribution in [0.2, 0.25) is 0 Å². The van der Waals surface area contributed by atoms with Crippen molar-refractivity contribution in [1.29, 1.82) is 0 Å². The number of nitrogens with two attached hydrogens (primary N) is 1. The van der Waals surface area contributed by atoms with Crippen LogP contribution in [0, 0.1) is 17.8 Å². The Morgan fingerprint density at radius 1 is 1.33 bits per heavy atom. The molecule has 102 valence electrons. The molecule has 3 saturated carbocycles. The summed E-state index contributed by atoms with van der Waals surface area (Å²) < 4.78 is 0. The maximum Gasteiger partial charge on any atom is 0.224 e. The highest BCUT2D eigenvalue weighted by Gasteiger charge is 2.41. The smallest absolute Gasteiger partial charge is 0.224 e. The van der Waals surface area contributed by atoms with Crippen LogP contribution >= 0.6 is 0 Å². The van der Waals surface area contributed by atoms with Gasteiger partial charge in [-0.2, -0.15) is 0 Å². The second-order valence-electron chi connectivity index (χ2n) is 7.10. The van der Waals surface area contributed by atoms with Crippen molar-refractivity contribution >= 4 is 5.91 Å². The summed E-state index contributed by atoms with van der Waals surface area (Å²) in [6.45, 7) is 0.968. The highest BCUT2D eigenvalue weighted by atomic mass is 16.2. The third-order valence-electron chi connectivity index (χ3n) is 5.67. The molecule has 0 spiro atoms. The van der Waals surface area contributed by atoms with E-state index in [1.165, 1.54) is 32.1 Å². The molecule has 3 aliphatic rings. The largest absolute Gasteiger partial charge is 0.345 e. The summed E-state index contributed by atoms with van der Waals surface area (Å²) in [5, 5.41) is 0. The molecule has 3 heteroatoms. The van der Waals surface area contributed by atoms with E-state index in [4.69, 9.17) is 5.73 Å². The van der Waals surface area contributed by atoms with Crippen molar-refractivity contribution in [2.75, 3.05) is 13.6 Å². The fraction of sp³-hybridized carbons (Fsp3) is 0.933. The van der Waals surface area contributed by atoms with Crippen LogP contribution in [0.15, 0.2) is 0 Å². The summed E-state index contributed by atoms with van der Waals surface area (Å²) in [6, 6.07) is 0. The predicted octanol–water partition coefficient (Wildman–Crippen LogP) is 2.15. The van der Waals surface area contributed by atoms with Crippen LogP contribution in [0.4, 0.5) is 0 Å². The van der Waals surface area contributed by atoms with Gasteiger partial charge in [-0.05, 0) is 56.3 Å². The lowest BCUT2D eigenvalue weighted by Gasteiger charge is -2.39. The van der Waals surface area contributed by atoms with E-state index in [9.17, 15) is 4.79 Å². The Bertz CT molecular complexity index is 337. The fourth-order valence-corrected chi connectivity index (χ4v) is 4.30.